The molecule has 0 radical (unpaired) electrons. The lowest BCUT2D eigenvalue weighted by Gasteiger charge is -2.54. The van der Waals surface area contributed by atoms with E-state index in [2.05, 4.69) is 49.4 Å². The van der Waals surface area contributed by atoms with E-state index >= 15 is 4.39 Å². The molecule has 4 aromatic rings. The van der Waals surface area contributed by atoms with E-state index in [0.29, 0.717) is 31.2 Å². The predicted octanol–water partition coefficient (Wildman–Crippen LogP) is 9.16. The van der Waals surface area contributed by atoms with Gasteiger partial charge in [-0.1, -0.05) is 105 Å². The van der Waals surface area contributed by atoms with Crippen molar-refractivity contribution in [2.75, 3.05) is 6.54 Å². The summed E-state index contributed by atoms with van der Waals surface area (Å²) in [6, 6.07) is 30.4. The maximum absolute atomic E-state index is 16.1. The second-order valence-electron chi connectivity index (χ2n) is 15.2. The molecule has 0 aliphatic heterocycles. The number of carbonyl (C=O) groups is 1. The van der Waals surface area contributed by atoms with E-state index in [-0.39, 0.29) is 28.9 Å². The van der Waals surface area contributed by atoms with Crippen LogP contribution >= 0.6 is 0 Å². The van der Waals surface area contributed by atoms with Gasteiger partial charge < -0.3 is 15.1 Å². The smallest absolute Gasteiger partial charge is 0.227 e. The van der Waals surface area contributed by atoms with Crippen molar-refractivity contribution in [3.05, 3.63) is 113 Å². The van der Waals surface area contributed by atoms with Gasteiger partial charge in [0.1, 0.15) is 11.9 Å². The first-order valence-electron chi connectivity index (χ1n) is 18.2. The Kier molecular flexibility index (Phi) is 9.60. The van der Waals surface area contributed by atoms with Gasteiger partial charge in [-0.05, 0) is 107 Å². The number of hydrogen-bond donors (Lipinski definition) is 2. The largest absolute Gasteiger partial charge is 0.508 e. The minimum atomic E-state index is -0.974. The maximum atomic E-state index is 16.1. The number of fused-ring (bicyclic) bond motifs is 6. The van der Waals surface area contributed by atoms with Gasteiger partial charge in [-0.25, -0.2) is 4.39 Å². The van der Waals surface area contributed by atoms with Crippen LogP contribution in [0.2, 0.25) is 0 Å². The monoisotopic (exact) mass is 647 g/mol. The van der Waals surface area contributed by atoms with Crippen molar-refractivity contribution in [2.45, 2.75) is 95.9 Å². The standard InChI is InChI=1S/C43H50FNO3/c1-43-27-38(44)42-36-19-18-35(46)26-34(36)25-33(41(42)37(43)20-21-39(43)47)15-7-2-3-10-22-45(28-29-11-5-4-6-12-29)40(48)24-30-16-17-31-13-8-9-14-32(31)23-30/h4-6,8-9,11-14,16-19,23,26,33,37-39,41-42,46-47H,2-3,7,10,15,20-22,24-25,27-28H2,1H3/t33-,37+,38+,39+,41+,42+,43+/m1/s1. The van der Waals surface area contributed by atoms with Crippen molar-refractivity contribution in [3.8, 4) is 5.75 Å². The molecular formula is C43H50FNO3. The van der Waals surface area contributed by atoms with Gasteiger partial charge in [0.05, 0.1) is 12.5 Å². The molecular weight excluding hydrogens is 597 g/mol. The molecule has 48 heavy (non-hydrogen) atoms. The van der Waals surface area contributed by atoms with Crippen LogP contribution in [0.25, 0.3) is 10.8 Å². The Hall–Kier alpha value is -3.70. The van der Waals surface area contributed by atoms with E-state index in [1.54, 1.807) is 6.07 Å². The molecule has 0 aromatic heterocycles. The number of rotatable bonds is 11. The van der Waals surface area contributed by atoms with Crippen LogP contribution in [0, 0.1) is 23.2 Å². The quantitative estimate of drug-likeness (QED) is 0.160. The first-order valence-corrected chi connectivity index (χ1v) is 18.2. The number of amides is 1. The lowest BCUT2D eigenvalue weighted by atomic mass is 9.51. The van der Waals surface area contributed by atoms with Crippen LogP contribution in [0.3, 0.4) is 0 Å². The fourth-order valence-corrected chi connectivity index (χ4v) is 9.83. The van der Waals surface area contributed by atoms with Gasteiger partial charge in [-0.3, -0.25) is 4.79 Å². The molecule has 2 saturated carbocycles. The van der Waals surface area contributed by atoms with Crippen LogP contribution < -0.4 is 0 Å². The Morgan fingerprint density at radius 2 is 1.65 bits per heavy atom. The van der Waals surface area contributed by atoms with Crippen LogP contribution in [-0.2, 0) is 24.2 Å². The average molecular weight is 648 g/mol. The molecule has 4 aromatic carbocycles. The highest BCUT2D eigenvalue weighted by Gasteiger charge is 2.59. The zero-order chi connectivity index (χ0) is 33.3. The molecule has 2 N–H and O–H groups in total. The van der Waals surface area contributed by atoms with Crippen molar-refractivity contribution in [1.82, 2.24) is 4.90 Å². The summed E-state index contributed by atoms with van der Waals surface area (Å²) in [5.41, 5.74) is 4.02. The van der Waals surface area contributed by atoms with Crippen molar-refractivity contribution in [2.24, 2.45) is 23.2 Å². The van der Waals surface area contributed by atoms with Crippen LogP contribution in [0.1, 0.15) is 86.5 Å². The summed E-state index contributed by atoms with van der Waals surface area (Å²) < 4.78 is 16.1. The lowest BCUT2D eigenvalue weighted by Crippen LogP contribution is -2.51. The Bertz CT molecular complexity index is 1720. The summed E-state index contributed by atoms with van der Waals surface area (Å²) in [5, 5.41) is 23.6. The fourth-order valence-electron chi connectivity index (χ4n) is 9.83. The van der Waals surface area contributed by atoms with Gasteiger partial charge in [-0.2, -0.15) is 0 Å². The van der Waals surface area contributed by atoms with Crippen molar-refractivity contribution >= 4 is 16.7 Å². The summed E-state index contributed by atoms with van der Waals surface area (Å²) >= 11 is 0. The number of aromatic hydroxyl groups is 1. The Balaban J connectivity index is 0.983. The topological polar surface area (TPSA) is 60.8 Å². The number of nitrogens with zero attached hydrogens (tertiary/aromatic N) is 1. The maximum Gasteiger partial charge on any atom is 0.227 e. The SMILES string of the molecule is C[C@]12C[C@H](F)[C@@H]3c4ccc(O)cc4C[C@@H](CCCCCCN(Cc4ccccc4)C(=O)Cc4ccc5ccccc5c4)[C@H]3[C@@H]1CC[C@@H]2O. The molecule has 2 fully saturated rings. The van der Waals surface area contributed by atoms with Gasteiger partial charge in [0.15, 0.2) is 0 Å². The molecule has 5 heteroatoms. The highest BCUT2D eigenvalue weighted by molar-refractivity contribution is 5.85. The minimum Gasteiger partial charge on any atom is -0.508 e. The van der Waals surface area contributed by atoms with E-state index in [1.807, 2.05) is 47.4 Å². The zero-order valence-electron chi connectivity index (χ0n) is 28.2. The molecule has 7 atom stereocenters. The first kappa shape index (κ1) is 32.8. The van der Waals surface area contributed by atoms with Gasteiger partial charge in [0.2, 0.25) is 5.91 Å². The molecule has 0 saturated heterocycles. The summed E-state index contributed by atoms with van der Waals surface area (Å²) in [7, 11) is 0. The molecule has 4 nitrogen and oxygen atoms in total. The van der Waals surface area contributed by atoms with Gasteiger partial charge in [0, 0.05) is 19.0 Å². The zero-order valence-corrected chi connectivity index (χ0v) is 28.2. The van der Waals surface area contributed by atoms with Crippen LogP contribution in [0.4, 0.5) is 4.39 Å². The molecule has 3 aliphatic carbocycles. The number of unbranched alkanes of at least 4 members (excludes halogenated alkanes) is 3. The highest BCUT2D eigenvalue weighted by atomic mass is 19.1. The Morgan fingerprint density at radius 3 is 2.48 bits per heavy atom. The molecule has 1 amide bonds. The van der Waals surface area contributed by atoms with Crippen LogP contribution in [0.5, 0.6) is 5.75 Å². The number of alkyl halides is 1. The van der Waals surface area contributed by atoms with Crippen molar-refractivity contribution in [3.63, 3.8) is 0 Å². The summed E-state index contributed by atoms with van der Waals surface area (Å²) in [6.07, 6.45) is 7.18. The van der Waals surface area contributed by atoms with Gasteiger partial charge in [0.25, 0.3) is 0 Å². The van der Waals surface area contributed by atoms with E-state index in [0.717, 1.165) is 85.6 Å². The molecule has 3 aliphatic rings. The van der Waals surface area contributed by atoms with Gasteiger partial charge in [-0.15, -0.1) is 0 Å². The van der Waals surface area contributed by atoms with E-state index in [9.17, 15) is 15.0 Å². The summed E-state index contributed by atoms with van der Waals surface area (Å²) in [4.78, 5) is 15.7. The molecule has 0 spiro atoms. The fraction of sp³-hybridized carbons (Fsp3) is 0.465. The number of aliphatic hydroxyl groups excluding tert-OH is 1. The number of phenols is 1. The first-order chi connectivity index (χ1) is 23.3. The van der Waals surface area contributed by atoms with Crippen molar-refractivity contribution < 1.29 is 19.4 Å². The number of benzene rings is 4. The Morgan fingerprint density at radius 1 is 0.875 bits per heavy atom. The summed E-state index contributed by atoms with van der Waals surface area (Å²) in [6.45, 7) is 3.47. The second kappa shape index (κ2) is 14.0. The molecule has 7 rings (SSSR count). The number of phenolic OH excluding ortho intramolecular Hbond substituents is 1. The predicted molar refractivity (Wildman–Crippen MR) is 190 cm³/mol. The average Bonchev–Trinajstić information content (AvgIpc) is 3.38. The van der Waals surface area contributed by atoms with Crippen LogP contribution in [0.15, 0.2) is 91.0 Å². The molecule has 252 valence electrons. The molecule has 0 heterocycles. The number of halogens is 1. The third-order valence-electron chi connectivity index (χ3n) is 12.3. The van der Waals surface area contributed by atoms with E-state index in [1.165, 1.54) is 5.39 Å². The number of carbonyl (C=O) groups excluding carboxylic acids is 1. The number of aliphatic hydroxyl groups is 1. The van der Waals surface area contributed by atoms with Crippen LogP contribution in [-0.4, -0.2) is 39.8 Å². The normalized spacial score (nSPS) is 27.6. The second-order valence-corrected chi connectivity index (χ2v) is 15.2. The Labute approximate surface area is 285 Å². The van der Waals surface area contributed by atoms with Crippen molar-refractivity contribution in [1.29, 1.82) is 0 Å². The van der Waals surface area contributed by atoms with E-state index < -0.39 is 12.3 Å². The minimum absolute atomic E-state index is 0.150. The third kappa shape index (κ3) is 6.63. The highest BCUT2D eigenvalue weighted by Crippen LogP contribution is 2.63. The third-order valence-corrected chi connectivity index (χ3v) is 12.3. The molecule has 0 unspecified atom stereocenters. The lowest BCUT2D eigenvalue weighted by molar-refractivity contribution is -0.131. The summed E-state index contributed by atoms with van der Waals surface area (Å²) in [5.74, 6) is 1.16. The van der Waals surface area contributed by atoms with E-state index in [4.69, 9.17) is 0 Å². The number of hydrogen-bond acceptors (Lipinski definition) is 3. The van der Waals surface area contributed by atoms with Gasteiger partial charge >= 0.3 is 0 Å². The molecule has 0 bridgehead atoms.